The first kappa shape index (κ1) is 11.4. The highest BCUT2D eigenvalue weighted by Gasteiger charge is 2.13. The van der Waals surface area contributed by atoms with Crippen molar-refractivity contribution in [3.05, 3.63) is 0 Å². The number of rotatable bonds is 5. The van der Waals surface area contributed by atoms with Crippen molar-refractivity contribution >= 4 is 11.8 Å². The fraction of sp³-hybridized carbons (Fsp3) is 1.00. The Hall–Kier alpha value is 0.310. The summed E-state index contributed by atoms with van der Waals surface area (Å²) in [5, 5.41) is 4.47. The van der Waals surface area contributed by atoms with Crippen molar-refractivity contribution < 1.29 is 0 Å². The van der Waals surface area contributed by atoms with Gasteiger partial charge in [-0.3, -0.25) is 0 Å². The quantitative estimate of drug-likeness (QED) is 0.734. The first-order valence-electron chi connectivity index (χ1n) is 5.68. The monoisotopic (exact) mass is 201 g/mol. The van der Waals surface area contributed by atoms with Crippen molar-refractivity contribution in [1.29, 1.82) is 0 Å². The molecule has 0 aromatic carbocycles. The van der Waals surface area contributed by atoms with Crippen LogP contribution >= 0.6 is 11.8 Å². The molecule has 0 saturated heterocycles. The topological polar surface area (TPSA) is 12.0 Å². The second-order valence-corrected chi connectivity index (χ2v) is 5.72. The van der Waals surface area contributed by atoms with E-state index in [2.05, 4.69) is 30.9 Å². The molecule has 1 aliphatic rings. The molecule has 2 heteroatoms. The molecule has 13 heavy (non-hydrogen) atoms. The lowest BCUT2D eigenvalue weighted by molar-refractivity contribution is 0.375. The number of nitrogens with one attached hydrogen (secondary N) is 1. The van der Waals surface area contributed by atoms with Gasteiger partial charge in [0.1, 0.15) is 0 Å². The Morgan fingerprint density at radius 1 is 1.31 bits per heavy atom. The van der Waals surface area contributed by atoms with Crippen LogP contribution in [0.5, 0.6) is 0 Å². The first-order chi connectivity index (χ1) is 6.33. The Morgan fingerprint density at radius 3 is 2.62 bits per heavy atom. The standard InChI is InChI=1S/C11H23NS/c1-3-13-10(2)9-12-11-7-5-4-6-8-11/h10-12H,3-9H2,1-2H3. The molecule has 0 aromatic rings. The van der Waals surface area contributed by atoms with Gasteiger partial charge in [0, 0.05) is 17.8 Å². The van der Waals surface area contributed by atoms with Gasteiger partial charge in [-0.2, -0.15) is 11.8 Å². The van der Waals surface area contributed by atoms with Gasteiger partial charge in [-0.15, -0.1) is 0 Å². The van der Waals surface area contributed by atoms with Crippen LogP contribution in [-0.4, -0.2) is 23.6 Å². The Morgan fingerprint density at radius 2 is 2.00 bits per heavy atom. The molecular weight excluding hydrogens is 178 g/mol. The zero-order chi connectivity index (χ0) is 9.52. The van der Waals surface area contributed by atoms with Crippen molar-refractivity contribution in [3.63, 3.8) is 0 Å². The maximum atomic E-state index is 3.69. The van der Waals surface area contributed by atoms with E-state index >= 15 is 0 Å². The van der Waals surface area contributed by atoms with Gasteiger partial charge in [0.05, 0.1) is 0 Å². The highest BCUT2D eigenvalue weighted by atomic mass is 32.2. The van der Waals surface area contributed by atoms with Gasteiger partial charge in [-0.1, -0.05) is 33.1 Å². The van der Waals surface area contributed by atoms with Crippen LogP contribution in [0.1, 0.15) is 46.0 Å². The van der Waals surface area contributed by atoms with Gasteiger partial charge < -0.3 is 5.32 Å². The molecule has 1 atom stereocenters. The maximum absolute atomic E-state index is 3.69. The van der Waals surface area contributed by atoms with E-state index < -0.39 is 0 Å². The predicted octanol–water partition coefficient (Wildman–Crippen LogP) is 3.05. The van der Waals surface area contributed by atoms with E-state index in [1.54, 1.807) is 0 Å². The molecular formula is C11H23NS. The van der Waals surface area contributed by atoms with E-state index in [0.29, 0.717) is 0 Å². The Labute approximate surface area is 87.1 Å². The van der Waals surface area contributed by atoms with Crippen LogP contribution in [-0.2, 0) is 0 Å². The molecule has 1 fully saturated rings. The summed E-state index contributed by atoms with van der Waals surface area (Å²) in [6.45, 7) is 5.76. The van der Waals surface area contributed by atoms with Gasteiger partial charge in [0.15, 0.2) is 0 Å². The first-order valence-corrected chi connectivity index (χ1v) is 6.72. The van der Waals surface area contributed by atoms with Crippen molar-refractivity contribution in [2.24, 2.45) is 0 Å². The van der Waals surface area contributed by atoms with Gasteiger partial charge in [0.25, 0.3) is 0 Å². The van der Waals surface area contributed by atoms with E-state index in [9.17, 15) is 0 Å². The van der Waals surface area contributed by atoms with Crippen molar-refractivity contribution in [1.82, 2.24) is 5.32 Å². The number of hydrogen-bond donors (Lipinski definition) is 1. The van der Waals surface area contributed by atoms with Gasteiger partial charge in [0.2, 0.25) is 0 Å². The lowest BCUT2D eigenvalue weighted by atomic mass is 9.95. The summed E-state index contributed by atoms with van der Waals surface area (Å²) >= 11 is 2.06. The van der Waals surface area contributed by atoms with E-state index in [4.69, 9.17) is 0 Å². The third kappa shape index (κ3) is 4.92. The summed E-state index contributed by atoms with van der Waals surface area (Å²) in [5.41, 5.74) is 0. The smallest absolute Gasteiger partial charge is 0.0144 e. The average molecular weight is 201 g/mol. The maximum Gasteiger partial charge on any atom is 0.0144 e. The molecule has 0 bridgehead atoms. The molecule has 0 heterocycles. The Bertz CT molecular complexity index is 121. The van der Waals surface area contributed by atoms with Crippen LogP contribution in [0.3, 0.4) is 0 Å². The van der Waals surface area contributed by atoms with E-state index in [-0.39, 0.29) is 0 Å². The Balaban J connectivity index is 2.03. The highest BCUT2D eigenvalue weighted by Crippen LogP contribution is 2.18. The largest absolute Gasteiger partial charge is 0.313 e. The summed E-state index contributed by atoms with van der Waals surface area (Å²) in [6.07, 6.45) is 7.14. The van der Waals surface area contributed by atoms with Crippen LogP contribution in [0.25, 0.3) is 0 Å². The van der Waals surface area contributed by atoms with Crippen molar-refractivity contribution in [2.45, 2.75) is 57.2 Å². The normalized spacial score (nSPS) is 21.7. The van der Waals surface area contributed by atoms with Crippen LogP contribution in [0.15, 0.2) is 0 Å². The third-order valence-corrected chi connectivity index (χ3v) is 3.82. The lowest BCUT2D eigenvalue weighted by Crippen LogP contribution is -2.35. The van der Waals surface area contributed by atoms with Crippen molar-refractivity contribution in [2.75, 3.05) is 12.3 Å². The molecule has 1 N–H and O–H groups in total. The molecule has 1 saturated carbocycles. The van der Waals surface area contributed by atoms with Gasteiger partial charge in [-0.05, 0) is 18.6 Å². The van der Waals surface area contributed by atoms with Crippen LogP contribution < -0.4 is 5.32 Å². The van der Waals surface area contributed by atoms with Gasteiger partial charge in [-0.25, -0.2) is 0 Å². The molecule has 1 rings (SSSR count). The minimum atomic E-state index is 0.784. The highest BCUT2D eigenvalue weighted by molar-refractivity contribution is 7.99. The van der Waals surface area contributed by atoms with E-state index in [1.807, 2.05) is 0 Å². The molecule has 78 valence electrons. The summed E-state index contributed by atoms with van der Waals surface area (Å²) < 4.78 is 0. The SMILES string of the molecule is CCSC(C)CNC1CCCCC1. The number of thioether (sulfide) groups is 1. The fourth-order valence-corrected chi connectivity index (χ4v) is 2.77. The molecule has 1 unspecified atom stereocenters. The van der Waals surface area contributed by atoms with Gasteiger partial charge >= 0.3 is 0 Å². The second-order valence-electron chi connectivity index (χ2n) is 4.01. The Kier molecular flexibility index (Phi) is 5.88. The zero-order valence-electron chi connectivity index (χ0n) is 9.01. The summed E-state index contributed by atoms with van der Waals surface area (Å²) in [5.74, 6) is 1.24. The van der Waals surface area contributed by atoms with Crippen LogP contribution in [0.2, 0.25) is 0 Å². The summed E-state index contributed by atoms with van der Waals surface area (Å²) in [7, 11) is 0. The summed E-state index contributed by atoms with van der Waals surface area (Å²) in [4.78, 5) is 0. The third-order valence-electron chi connectivity index (χ3n) is 2.75. The molecule has 0 radical (unpaired) electrons. The molecule has 1 nitrogen and oxygen atoms in total. The minimum absolute atomic E-state index is 0.784. The van der Waals surface area contributed by atoms with Crippen LogP contribution in [0.4, 0.5) is 0 Å². The zero-order valence-corrected chi connectivity index (χ0v) is 9.83. The second kappa shape index (κ2) is 6.72. The number of hydrogen-bond acceptors (Lipinski definition) is 2. The predicted molar refractivity (Wildman–Crippen MR) is 62.5 cm³/mol. The molecule has 0 amide bonds. The molecule has 0 spiro atoms. The molecule has 0 aromatic heterocycles. The molecule has 0 aliphatic heterocycles. The fourth-order valence-electron chi connectivity index (χ4n) is 1.98. The van der Waals surface area contributed by atoms with E-state index in [0.717, 1.165) is 11.3 Å². The van der Waals surface area contributed by atoms with Crippen molar-refractivity contribution in [3.8, 4) is 0 Å². The van der Waals surface area contributed by atoms with E-state index in [1.165, 1.54) is 44.4 Å². The van der Waals surface area contributed by atoms with Crippen LogP contribution in [0, 0.1) is 0 Å². The molecule has 1 aliphatic carbocycles. The lowest BCUT2D eigenvalue weighted by Gasteiger charge is -2.24. The summed E-state index contributed by atoms with van der Waals surface area (Å²) in [6, 6.07) is 0.827. The average Bonchev–Trinajstić information content (AvgIpc) is 2.17. The minimum Gasteiger partial charge on any atom is -0.313 e.